The Labute approximate surface area is 170 Å². The number of carbonyl (C=O) groups is 1. The van der Waals surface area contributed by atoms with E-state index in [0.717, 1.165) is 56.8 Å². The third-order valence-corrected chi connectivity index (χ3v) is 6.31. The van der Waals surface area contributed by atoms with Crippen molar-refractivity contribution in [2.24, 2.45) is 5.41 Å². The molecule has 2 aromatic heterocycles. The maximum atomic E-state index is 13.4. The normalized spacial score (nSPS) is 25.7. The van der Waals surface area contributed by atoms with Crippen molar-refractivity contribution in [3.05, 3.63) is 23.3 Å². The third-order valence-electron chi connectivity index (χ3n) is 6.31. The molecule has 10 heteroatoms. The van der Waals surface area contributed by atoms with Crippen molar-refractivity contribution in [3.63, 3.8) is 0 Å². The average Bonchev–Trinajstić information content (AvgIpc) is 3.37. The topological polar surface area (TPSA) is 116 Å². The van der Waals surface area contributed by atoms with Crippen LogP contribution >= 0.6 is 0 Å². The molecule has 2 aliphatic heterocycles. The van der Waals surface area contributed by atoms with Gasteiger partial charge in [0.1, 0.15) is 0 Å². The molecule has 0 aromatic carbocycles. The second kappa shape index (κ2) is 8.58. The fourth-order valence-electron chi connectivity index (χ4n) is 4.80. The minimum absolute atomic E-state index is 0.178. The van der Waals surface area contributed by atoms with E-state index in [9.17, 15) is 4.79 Å². The van der Waals surface area contributed by atoms with E-state index in [2.05, 4.69) is 47.9 Å². The Kier molecular flexibility index (Phi) is 5.91. The lowest BCUT2D eigenvalue weighted by atomic mass is 9.67. The van der Waals surface area contributed by atoms with Gasteiger partial charge in [0.25, 0.3) is 0 Å². The molecule has 0 spiro atoms. The summed E-state index contributed by atoms with van der Waals surface area (Å²) in [6, 6.07) is 2.17. The van der Waals surface area contributed by atoms with E-state index in [4.69, 9.17) is 4.52 Å². The molecule has 0 radical (unpaired) electrons. The molecule has 158 valence electrons. The first-order valence-corrected chi connectivity index (χ1v) is 10.4. The molecule has 4 heterocycles. The van der Waals surface area contributed by atoms with Gasteiger partial charge in [-0.3, -0.25) is 9.69 Å². The zero-order valence-corrected chi connectivity index (χ0v) is 17.2. The lowest BCUT2D eigenvalue weighted by Crippen LogP contribution is -2.65. The molecule has 4 rings (SSSR count). The lowest BCUT2D eigenvalue weighted by molar-refractivity contribution is -0.145. The molecule has 2 aromatic rings. The first-order valence-electron chi connectivity index (χ1n) is 10.4. The van der Waals surface area contributed by atoms with Gasteiger partial charge < -0.3 is 14.7 Å². The lowest BCUT2D eigenvalue weighted by Gasteiger charge is -2.53. The van der Waals surface area contributed by atoms with Gasteiger partial charge in [0.15, 0.2) is 11.6 Å². The molecular weight excluding hydrogens is 372 g/mol. The summed E-state index contributed by atoms with van der Waals surface area (Å²) in [7, 11) is 2.14. The highest BCUT2D eigenvalue weighted by Crippen LogP contribution is 2.43. The fourth-order valence-corrected chi connectivity index (χ4v) is 4.80. The third kappa shape index (κ3) is 4.32. The van der Waals surface area contributed by atoms with Gasteiger partial charge in [0.05, 0.1) is 17.7 Å². The molecule has 2 N–H and O–H groups in total. The predicted octanol–water partition coefficient (Wildman–Crippen LogP) is 0.531. The molecule has 0 unspecified atom stereocenters. The van der Waals surface area contributed by atoms with Gasteiger partial charge in [-0.05, 0) is 52.7 Å². The Bertz CT molecular complexity index is 807. The van der Waals surface area contributed by atoms with Crippen LogP contribution in [-0.4, -0.2) is 80.8 Å². The van der Waals surface area contributed by atoms with E-state index >= 15 is 0 Å². The van der Waals surface area contributed by atoms with Crippen molar-refractivity contribution in [2.45, 2.75) is 51.6 Å². The maximum absolute atomic E-state index is 13.4. The number of aromatic amines is 1. The highest BCUT2D eigenvalue weighted by atomic mass is 16.5. The highest BCUT2D eigenvalue weighted by Gasteiger charge is 2.52. The summed E-state index contributed by atoms with van der Waals surface area (Å²) in [6.07, 6.45) is 4.34. The molecule has 2 saturated heterocycles. The van der Waals surface area contributed by atoms with E-state index in [-0.39, 0.29) is 17.4 Å². The number of hydrogen-bond donors (Lipinski definition) is 2. The molecule has 0 aliphatic carbocycles. The summed E-state index contributed by atoms with van der Waals surface area (Å²) in [5.41, 5.74) is 0.551. The van der Waals surface area contributed by atoms with Crippen molar-refractivity contribution >= 4 is 5.91 Å². The number of amides is 1. The van der Waals surface area contributed by atoms with Gasteiger partial charge >= 0.3 is 0 Å². The van der Waals surface area contributed by atoms with E-state index in [0.29, 0.717) is 25.3 Å². The summed E-state index contributed by atoms with van der Waals surface area (Å²) < 4.78 is 5.46. The van der Waals surface area contributed by atoms with Crippen LogP contribution in [0.1, 0.15) is 43.0 Å². The summed E-state index contributed by atoms with van der Waals surface area (Å²) in [5, 5.41) is 21.2. The molecule has 2 aliphatic rings. The number of nitrogens with one attached hydrogen (secondary N) is 2. The Hall–Kier alpha value is -2.33. The Balaban J connectivity index is 1.42. The van der Waals surface area contributed by atoms with Crippen molar-refractivity contribution in [2.75, 3.05) is 33.2 Å². The maximum Gasteiger partial charge on any atom is 0.227 e. The number of rotatable bonds is 7. The van der Waals surface area contributed by atoms with Crippen LogP contribution in [0.3, 0.4) is 0 Å². The van der Waals surface area contributed by atoms with Crippen LogP contribution in [0.5, 0.6) is 0 Å². The smallest absolute Gasteiger partial charge is 0.227 e. The summed E-state index contributed by atoms with van der Waals surface area (Å²) in [5.74, 6) is 1.73. The fraction of sp³-hybridized carbons (Fsp3) is 0.737. The standard InChI is InChI=1S/C19H30N8O2/c1-14-11-15(29-23-14)12-27-9-4-6-19(7-10-26(2)13-16(19)27)18(28)20-8-3-5-17-21-24-25-22-17/h11,16H,3-10,12-13H2,1-2H3,(H,20,28)(H,21,22,24,25)/t16-,19+/m0/s1. The molecule has 2 fully saturated rings. The molecule has 29 heavy (non-hydrogen) atoms. The molecule has 2 atom stereocenters. The number of tetrazole rings is 1. The SMILES string of the molecule is Cc1cc(CN2CCC[C@@]3(C(=O)NCCCc4nn[nH]n4)CCN(C)C[C@H]23)on1. The Morgan fingerprint density at radius 2 is 2.31 bits per heavy atom. The van der Waals surface area contributed by atoms with Crippen molar-refractivity contribution in [1.29, 1.82) is 0 Å². The van der Waals surface area contributed by atoms with Gasteiger partial charge in [0.2, 0.25) is 5.91 Å². The van der Waals surface area contributed by atoms with Crippen molar-refractivity contribution in [1.82, 2.24) is 40.9 Å². The molecular formula is C19H30N8O2. The van der Waals surface area contributed by atoms with Crippen LogP contribution in [0, 0.1) is 12.3 Å². The number of carbonyl (C=O) groups excluding carboxylic acids is 1. The molecule has 10 nitrogen and oxygen atoms in total. The van der Waals surface area contributed by atoms with E-state index in [1.807, 2.05) is 13.0 Å². The minimum Gasteiger partial charge on any atom is -0.360 e. The zero-order valence-electron chi connectivity index (χ0n) is 17.2. The number of aryl methyl sites for hydroxylation is 2. The van der Waals surface area contributed by atoms with Gasteiger partial charge in [-0.15, -0.1) is 10.2 Å². The first kappa shape index (κ1) is 20.0. The van der Waals surface area contributed by atoms with E-state index in [1.54, 1.807) is 0 Å². The van der Waals surface area contributed by atoms with Crippen molar-refractivity contribution < 1.29 is 9.32 Å². The number of piperidine rings is 2. The van der Waals surface area contributed by atoms with Crippen LogP contribution in [0.2, 0.25) is 0 Å². The second-order valence-electron chi connectivity index (χ2n) is 8.38. The highest BCUT2D eigenvalue weighted by molar-refractivity contribution is 5.83. The monoisotopic (exact) mass is 402 g/mol. The van der Waals surface area contributed by atoms with Gasteiger partial charge in [-0.2, -0.15) is 5.21 Å². The van der Waals surface area contributed by atoms with Gasteiger partial charge in [-0.1, -0.05) is 10.4 Å². The number of likely N-dealkylation sites (tertiary alicyclic amines) is 2. The van der Waals surface area contributed by atoms with Crippen LogP contribution < -0.4 is 5.32 Å². The first-order chi connectivity index (χ1) is 14.1. The van der Waals surface area contributed by atoms with Crippen LogP contribution in [0.4, 0.5) is 0 Å². The largest absolute Gasteiger partial charge is 0.360 e. The van der Waals surface area contributed by atoms with Crippen molar-refractivity contribution in [3.8, 4) is 0 Å². The number of aromatic nitrogens is 5. The molecule has 1 amide bonds. The number of fused-ring (bicyclic) bond motifs is 1. The summed E-state index contributed by atoms with van der Waals surface area (Å²) >= 11 is 0. The zero-order chi connectivity index (χ0) is 20.3. The van der Waals surface area contributed by atoms with E-state index < -0.39 is 0 Å². The summed E-state index contributed by atoms with van der Waals surface area (Å²) in [4.78, 5) is 18.1. The quantitative estimate of drug-likeness (QED) is 0.645. The van der Waals surface area contributed by atoms with E-state index in [1.165, 1.54) is 0 Å². The number of H-pyrrole nitrogens is 1. The molecule has 0 bridgehead atoms. The predicted molar refractivity (Wildman–Crippen MR) is 105 cm³/mol. The van der Waals surface area contributed by atoms with Crippen LogP contribution in [0.15, 0.2) is 10.6 Å². The summed E-state index contributed by atoms with van der Waals surface area (Å²) in [6.45, 7) is 6.08. The number of nitrogens with zero attached hydrogens (tertiary/aromatic N) is 6. The second-order valence-corrected chi connectivity index (χ2v) is 8.38. The number of likely N-dealkylation sites (N-methyl/N-ethyl adjacent to an activating group) is 1. The van der Waals surface area contributed by atoms with Gasteiger partial charge in [0, 0.05) is 31.6 Å². The van der Waals surface area contributed by atoms with Crippen LogP contribution in [0.25, 0.3) is 0 Å². The Morgan fingerprint density at radius 3 is 3.07 bits per heavy atom. The minimum atomic E-state index is -0.341. The molecule has 0 saturated carbocycles. The number of hydrogen-bond acceptors (Lipinski definition) is 8. The average molecular weight is 403 g/mol. The van der Waals surface area contributed by atoms with Crippen LogP contribution in [-0.2, 0) is 17.8 Å². The van der Waals surface area contributed by atoms with Gasteiger partial charge in [-0.25, -0.2) is 0 Å². The Morgan fingerprint density at radius 1 is 1.41 bits per heavy atom.